The van der Waals surface area contributed by atoms with Crippen LogP contribution in [0.2, 0.25) is 0 Å². The smallest absolute Gasteiger partial charge is 0.358 e. The van der Waals surface area contributed by atoms with E-state index in [0.717, 1.165) is 5.56 Å². The molecular formula is C13H14FN3O2. The number of carboxylic acid groups (broad SMARTS) is 1. The third-order valence-electron chi connectivity index (χ3n) is 2.66. The lowest BCUT2D eigenvalue weighted by Crippen LogP contribution is -2.05. The number of aromatic nitrogens is 2. The predicted octanol–water partition coefficient (Wildman–Crippen LogP) is 2.35. The summed E-state index contributed by atoms with van der Waals surface area (Å²) in [4.78, 5) is 11.0. The van der Waals surface area contributed by atoms with Gasteiger partial charge in [-0.1, -0.05) is 12.1 Å². The van der Waals surface area contributed by atoms with E-state index in [0.29, 0.717) is 18.8 Å². The van der Waals surface area contributed by atoms with Crippen LogP contribution in [0.5, 0.6) is 0 Å². The minimum atomic E-state index is -1.09. The summed E-state index contributed by atoms with van der Waals surface area (Å²) in [5.74, 6) is -1.41. The Morgan fingerprint density at radius 3 is 2.95 bits per heavy atom. The Morgan fingerprint density at radius 2 is 2.32 bits per heavy atom. The molecule has 0 radical (unpaired) electrons. The third-order valence-corrected chi connectivity index (χ3v) is 2.66. The van der Waals surface area contributed by atoms with Crippen molar-refractivity contribution in [3.8, 4) is 0 Å². The fraction of sp³-hybridized carbons (Fsp3) is 0.231. The largest absolute Gasteiger partial charge is 0.476 e. The van der Waals surface area contributed by atoms with Crippen LogP contribution in [0.4, 0.5) is 10.1 Å². The zero-order chi connectivity index (χ0) is 13.8. The van der Waals surface area contributed by atoms with Crippen molar-refractivity contribution in [1.82, 2.24) is 9.78 Å². The van der Waals surface area contributed by atoms with Gasteiger partial charge >= 0.3 is 5.97 Å². The molecule has 0 fully saturated rings. The standard InChI is InChI=1S/C13H14FN3O2/c1-2-17-8-11(12(16-17)13(18)19)15-7-9-4-3-5-10(14)6-9/h3-6,8,15H,2,7H2,1H3,(H,18,19). The fourth-order valence-corrected chi connectivity index (χ4v) is 1.71. The summed E-state index contributed by atoms with van der Waals surface area (Å²) in [5.41, 5.74) is 1.14. The molecule has 0 bridgehead atoms. The van der Waals surface area contributed by atoms with Gasteiger partial charge in [-0.25, -0.2) is 9.18 Å². The summed E-state index contributed by atoms with van der Waals surface area (Å²) in [5, 5.41) is 15.9. The number of anilines is 1. The van der Waals surface area contributed by atoms with E-state index in [4.69, 9.17) is 5.11 Å². The van der Waals surface area contributed by atoms with Gasteiger partial charge in [-0.2, -0.15) is 5.10 Å². The van der Waals surface area contributed by atoms with E-state index in [1.807, 2.05) is 6.92 Å². The van der Waals surface area contributed by atoms with Crippen LogP contribution in [-0.4, -0.2) is 20.9 Å². The van der Waals surface area contributed by atoms with Crippen molar-refractivity contribution < 1.29 is 14.3 Å². The molecule has 0 amide bonds. The predicted molar refractivity (Wildman–Crippen MR) is 68.6 cm³/mol. The highest BCUT2D eigenvalue weighted by atomic mass is 19.1. The van der Waals surface area contributed by atoms with Crippen LogP contribution in [-0.2, 0) is 13.1 Å². The Labute approximate surface area is 109 Å². The summed E-state index contributed by atoms with van der Waals surface area (Å²) in [6.45, 7) is 2.80. The van der Waals surface area contributed by atoms with Gasteiger partial charge < -0.3 is 10.4 Å². The fourth-order valence-electron chi connectivity index (χ4n) is 1.71. The third kappa shape index (κ3) is 3.09. The maximum Gasteiger partial charge on any atom is 0.358 e. The van der Waals surface area contributed by atoms with Crippen LogP contribution in [0.1, 0.15) is 23.0 Å². The van der Waals surface area contributed by atoms with Gasteiger partial charge in [0.15, 0.2) is 5.69 Å². The molecule has 1 heterocycles. The van der Waals surface area contributed by atoms with Gasteiger partial charge in [0.25, 0.3) is 0 Å². The van der Waals surface area contributed by atoms with Crippen LogP contribution < -0.4 is 5.32 Å². The molecule has 0 saturated heterocycles. The van der Waals surface area contributed by atoms with Crippen molar-refractivity contribution in [2.45, 2.75) is 20.0 Å². The van der Waals surface area contributed by atoms with E-state index in [-0.39, 0.29) is 11.5 Å². The first-order valence-electron chi connectivity index (χ1n) is 5.89. The normalized spacial score (nSPS) is 10.4. The number of halogens is 1. The lowest BCUT2D eigenvalue weighted by atomic mass is 10.2. The number of nitrogens with one attached hydrogen (secondary N) is 1. The van der Waals surface area contributed by atoms with E-state index in [1.54, 1.807) is 18.3 Å². The molecule has 2 aromatic rings. The summed E-state index contributed by atoms with van der Waals surface area (Å²) in [7, 11) is 0. The summed E-state index contributed by atoms with van der Waals surface area (Å²) >= 11 is 0. The van der Waals surface area contributed by atoms with E-state index < -0.39 is 5.97 Å². The second-order valence-electron chi connectivity index (χ2n) is 4.04. The monoisotopic (exact) mass is 263 g/mol. The molecule has 0 spiro atoms. The molecule has 0 aliphatic heterocycles. The molecule has 0 unspecified atom stereocenters. The summed E-state index contributed by atoms with van der Waals surface area (Å²) in [6.07, 6.45) is 1.63. The highest BCUT2D eigenvalue weighted by molar-refractivity contribution is 5.91. The number of benzene rings is 1. The Morgan fingerprint density at radius 1 is 1.53 bits per heavy atom. The van der Waals surface area contributed by atoms with Crippen molar-refractivity contribution in [1.29, 1.82) is 0 Å². The molecule has 1 aromatic heterocycles. The quantitative estimate of drug-likeness (QED) is 0.869. The molecule has 0 aliphatic rings. The minimum Gasteiger partial charge on any atom is -0.476 e. The summed E-state index contributed by atoms with van der Waals surface area (Å²) < 4.78 is 14.6. The molecule has 0 aliphatic carbocycles. The number of aromatic carboxylic acids is 1. The van der Waals surface area contributed by atoms with Crippen molar-refractivity contribution in [3.05, 3.63) is 47.5 Å². The number of hydrogen-bond acceptors (Lipinski definition) is 3. The second kappa shape index (κ2) is 5.51. The first-order chi connectivity index (χ1) is 9.10. The topological polar surface area (TPSA) is 67.2 Å². The van der Waals surface area contributed by atoms with Crippen molar-refractivity contribution in [3.63, 3.8) is 0 Å². The lowest BCUT2D eigenvalue weighted by molar-refractivity contribution is 0.0690. The summed E-state index contributed by atoms with van der Waals surface area (Å²) in [6, 6.07) is 6.14. The molecular weight excluding hydrogens is 249 g/mol. The maximum absolute atomic E-state index is 13.0. The van der Waals surface area contributed by atoms with E-state index >= 15 is 0 Å². The van der Waals surface area contributed by atoms with E-state index in [1.165, 1.54) is 16.8 Å². The molecule has 2 N–H and O–H groups in total. The highest BCUT2D eigenvalue weighted by Gasteiger charge is 2.15. The van der Waals surface area contributed by atoms with Crippen molar-refractivity contribution in [2.75, 3.05) is 5.32 Å². The van der Waals surface area contributed by atoms with E-state index in [9.17, 15) is 9.18 Å². The van der Waals surface area contributed by atoms with Crippen LogP contribution in [0.25, 0.3) is 0 Å². The van der Waals surface area contributed by atoms with Gasteiger partial charge in [-0.05, 0) is 24.6 Å². The zero-order valence-electron chi connectivity index (χ0n) is 10.4. The zero-order valence-corrected chi connectivity index (χ0v) is 10.4. The number of carboxylic acids is 1. The molecule has 19 heavy (non-hydrogen) atoms. The molecule has 0 atom stereocenters. The second-order valence-corrected chi connectivity index (χ2v) is 4.04. The average Bonchev–Trinajstić information content (AvgIpc) is 2.80. The number of rotatable bonds is 5. The maximum atomic E-state index is 13.0. The van der Waals surface area contributed by atoms with Crippen LogP contribution in [0.3, 0.4) is 0 Å². The van der Waals surface area contributed by atoms with Gasteiger partial charge in [-0.15, -0.1) is 0 Å². The molecule has 6 heteroatoms. The number of aryl methyl sites for hydroxylation is 1. The van der Waals surface area contributed by atoms with Gasteiger partial charge in [0.1, 0.15) is 5.82 Å². The Kier molecular flexibility index (Phi) is 3.79. The highest BCUT2D eigenvalue weighted by Crippen LogP contribution is 2.15. The lowest BCUT2D eigenvalue weighted by Gasteiger charge is -2.04. The van der Waals surface area contributed by atoms with Crippen LogP contribution in [0.15, 0.2) is 30.5 Å². The molecule has 2 rings (SSSR count). The number of hydrogen-bond donors (Lipinski definition) is 2. The van der Waals surface area contributed by atoms with Gasteiger partial charge in [0.05, 0.1) is 5.69 Å². The van der Waals surface area contributed by atoms with Crippen LogP contribution >= 0.6 is 0 Å². The Hall–Kier alpha value is -2.37. The van der Waals surface area contributed by atoms with Gasteiger partial charge in [-0.3, -0.25) is 4.68 Å². The molecule has 0 saturated carbocycles. The molecule has 5 nitrogen and oxygen atoms in total. The van der Waals surface area contributed by atoms with Gasteiger partial charge in [0, 0.05) is 19.3 Å². The Balaban J connectivity index is 2.14. The van der Waals surface area contributed by atoms with E-state index in [2.05, 4.69) is 10.4 Å². The van der Waals surface area contributed by atoms with Gasteiger partial charge in [0.2, 0.25) is 0 Å². The minimum absolute atomic E-state index is 0.0294. The number of carbonyl (C=O) groups is 1. The first kappa shape index (κ1) is 13.1. The molecule has 100 valence electrons. The van der Waals surface area contributed by atoms with Crippen LogP contribution in [0, 0.1) is 5.82 Å². The van der Waals surface area contributed by atoms with Crippen molar-refractivity contribution in [2.24, 2.45) is 0 Å². The van der Waals surface area contributed by atoms with Crippen molar-refractivity contribution >= 4 is 11.7 Å². The first-order valence-corrected chi connectivity index (χ1v) is 5.89. The molecule has 1 aromatic carbocycles. The SMILES string of the molecule is CCn1cc(NCc2cccc(F)c2)c(C(=O)O)n1. The average molecular weight is 263 g/mol. The number of nitrogens with zero attached hydrogens (tertiary/aromatic N) is 2. The Bertz CT molecular complexity index is 595.